The second kappa shape index (κ2) is 5.00. The minimum absolute atomic E-state index is 0.0215. The first-order valence-electron chi connectivity index (χ1n) is 5.01. The van der Waals surface area contributed by atoms with Gasteiger partial charge < -0.3 is 10.2 Å². The van der Waals surface area contributed by atoms with Crippen LogP contribution < -0.4 is 0 Å². The van der Waals surface area contributed by atoms with Gasteiger partial charge in [0.1, 0.15) is 11.5 Å². The summed E-state index contributed by atoms with van der Waals surface area (Å²) in [5.41, 5.74) is 0.482. The van der Waals surface area contributed by atoms with E-state index in [0.29, 0.717) is 5.56 Å². The number of hydrogen-bond donors (Lipinski definition) is 2. The second-order valence-corrected chi connectivity index (χ2v) is 4.98. The summed E-state index contributed by atoms with van der Waals surface area (Å²) in [7, 11) is 0. The maximum absolute atomic E-state index is 12.1. The average molecular weight is 328 g/mol. The van der Waals surface area contributed by atoms with Crippen molar-refractivity contribution in [2.75, 3.05) is 0 Å². The third kappa shape index (κ3) is 2.49. The second-order valence-electron chi connectivity index (χ2n) is 3.66. The summed E-state index contributed by atoms with van der Waals surface area (Å²) in [6.07, 6.45) is 0. The average Bonchev–Trinajstić information content (AvgIpc) is 2.34. The van der Waals surface area contributed by atoms with Crippen LogP contribution in [0.15, 0.2) is 40.9 Å². The SMILES string of the molecule is O=C(c1ccc(Br)cc1)c1cc(Cl)c(O)cc1O. The number of aromatic hydroxyl groups is 2. The maximum atomic E-state index is 12.1. The van der Waals surface area contributed by atoms with Gasteiger partial charge in [-0.05, 0) is 30.3 Å². The molecule has 0 heterocycles. The lowest BCUT2D eigenvalue weighted by atomic mass is 10.0. The molecule has 0 aliphatic rings. The number of carbonyl (C=O) groups excluding carboxylic acids is 1. The highest BCUT2D eigenvalue weighted by Gasteiger charge is 2.16. The van der Waals surface area contributed by atoms with Gasteiger partial charge in [-0.15, -0.1) is 0 Å². The first-order valence-corrected chi connectivity index (χ1v) is 6.18. The number of carbonyl (C=O) groups is 1. The smallest absolute Gasteiger partial charge is 0.196 e. The molecule has 0 aromatic heterocycles. The number of rotatable bonds is 2. The van der Waals surface area contributed by atoms with Crippen molar-refractivity contribution < 1.29 is 15.0 Å². The normalized spacial score (nSPS) is 10.3. The summed E-state index contributed by atoms with van der Waals surface area (Å²) in [6.45, 7) is 0. The Balaban J connectivity index is 2.46. The number of hydrogen-bond acceptors (Lipinski definition) is 3. The van der Waals surface area contributed by atoms with Gasteiger partial charge >= 0.3 is 0 Å². The molecule has 0 radical (unpaired) electrons. The van der Waals surface area contributed by atoms with Gasteiger partial charge in [0.25, 0.3) is 0 Å². The fourth-order valence-electron chi connectivity index (χ4n) is 1.49. The van der Waals surface area contributed by atoms with Crippen molar-refractivity contribution >= 4 is 33.3 Å². The Morgan fingerprint density at radius 2 is 1.67 bits per heavy atom. The quantitative estimate of drug-likeness (QED) is 0.826. The molecule has 0 saturated carbocycles. The Morgan fingerprint density at radius 1 is 1.06 bits per heavy atom. The molecule has 0 bridgehead atoms. The van der Waals surface area contributed by atoms with Gasteiger partial charge in [-0.3, -0.25) is 4.79 Å². The lowest BCUT2D eigenvalue weighted by molar-refractivity contribution is 0.103. The summed E-state index contributed by atoms with van der Waals surface area (Å²) < 4.78 is 0.854. The standard InChI is InChI=1S/C13H8BrClO3/c14-8-3-1-7(2-4-8)13(18)9-5-10(15)12(17)6-11(9)16/h1-6,16-17H. The van der Waals surface area contributed by atoms with Crippen LogP contribution in [0.2, 0.25) is 5.02 Å². The molecule has 2 rings (SSSR count). The Labute approximate surface area is 117 Å². The van der Waals surface area contributed by atoms with Crippen molar-refractivity contribution in [1.82, 2.24) is 0 Å². The molecule has 0 atom stereocenters. The highest BCUT2D eigenvalue weighted by Crippen LogP contribution is 2.32. The van der Waals surface area contributed by atoms with Crippen LogP contribution in [0.3, 0.4) is 0 Å². The fraction of sp³-hybridized carbons (Fsp3) is 0. The fourth-order valence-corrected chi connectivity index (χ4v) is 1.92. The van der Waals surface area contributed by atoms with Crippen molar-refractivity contribution in [2.45, 2.75) is 0 Å². The van der Waals surface area contributed by atoms with Crippen molar-refractivity contribution in [2.24, 2.45) is 0 Å². The third-order valence-corrected chi connectivity index (χ3v) is 3.25. The molecule has 92 valence electrons. The molecule has 0 saturated heterocycles. The predicted octanol–water partition coefficient (Wildman–Crippen LogP) is 3.74. The number of phenols is 2. The Bertz CT molecular complexity index is 608. The number of phenolic OH excluding ortho intramolecular Hbond substituents is 2. The monoisotopic (exact) mass is 326 g/mol. The Kier molecular flexibility index (Phi) is 3.59. The summed E-state index contributed by atoms with van der Waals surface area (Å²) in [4.78, 5) is 12.1. The molecule has 18 heavy (non-hydrogen) atoms. The van der Waals surface area contributed by atoms with Crippen molar-refractivity contribution in [1.29, 1.82) is 0 Å². The molecule has 0 fully saturated rings. The predicted molar refractivity (Wildman–Crippen MR) is 72.4 cm³/mol. The van der Waals surface area contributed by atoms with E-state index in [1.54, 1.807) is 24.3 Å². The minimum Gasteiger partial charge on any atom is -0.507 e. The van der Waals surface area contributed by atoms with Crippen LogP contribution >= 0.6 is 27.5 Å². The van der Waals surface area contributed by atoms with E-state index < -0.39 is 0 Å². The van der Waals surface area contributed by atoms with E-state index in [4.69, 9.17) is 11.6 Å². The highest BCUT2D eigenvalue weighted by molar-refractivity contribution is 9.10. The van der Waals surface area contributed by atoms with Crippen molar-refractivity contribution in [3.63, 3.8) is 0 Å². The molecular formula is C13H8BrClO3. The van der Waals surface area contributed by atoms with Gasteiger partial charge in [0, 0.05) is 16.1 Å². The van der Waals surface area contributed by atoms with Crippen LogP contribution in [0.5, 0.6) is 11.5 Å². The lowest BCUT2D eigenvalue weighted by Crippen LogP contribution is -2.01. The molecule has 0 aliphatic heterocycles. The van der Waals surface area contributed by atoms with Crippen molar-refractivity contribution in [3.8, 4) is 11.5 Å². The molecular weight excluding hydrogens is 319 g/mol. The maximum Gasteiger partial charge on any atom is 0.196 e. The zero-order chi connectivity index (χ0) is 13.3. The molecule has 2 aromatic carbocycles. The Morgan fingerprint density at radius 3 is 2.28 bits per heavy atom. The summed E-state index contributed by atoms with van der Waals surface area (Å²) in [5, 5.41) is 19.0. The molecule has 3 nitrogen and oxygen atoms in total. The van der Waals surface area contributed by atoms with E-state index in [-0.39, 0.29) is 27.9 Å². The lowest BCUT2D eigenvalue weighted by Gasteiger charge is -2.06. The number of ketones is 1. The number of halogens is 2. The van der Waals surface area contributed by atoms with Crippen LogP contribution in [0, 0.1) is 0 Å². The molecule has 0 aliphatic carbocycles. The molecule has 0 spiro atoms. The zero-order valence-electron chi connectivity index (χ0n) is 9.02. The first kappa shape index (κ1) is 12.9. The highest BCUT2D eigenvalue weighted by atomic mass is 79.9. The first-order chi connectivity index (χ1) is 8.49. The summed E-state index contributed by atoms with van der Waals surface area (Å²) in [5.74, 6) is -0.923. The summed E-state index contributed by atoms with van der Waals surface area (Å²) >= 11 is 8.99. The van der Waals surface area contributed by atoms with E-state index in [1.165, 1.54) is 6.07 Å². The van der Waals surface area contributed by atoms with Crippen LogP contribution in [0.25, 0.3) is 0 Å². The Hall–Kier alpha value is -1.52. The van der Waals surface area contributed by atoms with Crippen LogP contribution in [-0.2, 0) is 0 Å². The van der Waals surface area contributed by atoms with Gasteiger partial charge in [-0.25, -0.2) is 0 Å². The van der Waals surface area contributed by atoms with Crippen LogP contribution in [0.1, 0.15) is 15.9 Å². The van der Waals surface area contributed by atoms with Gasteiger partial charge in [-0.2, -0.15) is 0 Å². The third-order valence-electron chi connectivity index (χ3n) is 2.42. The van der Waals surface area contributed by atoms with E-state index in [1.807, 2.05) is 0 Å². The number of benzene rings is 2. The zero-order valence-corrected chi connectivity index (χ0v) is 11.4. The topological polar surface area (TPSA) is 57.5 Å². The molecule has 0 amide bonds. The summed E-state index contributed by atoms with van der Waals surface area (Å²) in [6, 6.07) is 9.02. The largest absolute Gasteiger partial charge is 0.507 e. The van der Waals surface area contributed by atoms with E-state index in [2.05, 4.69) is 15.9 Å². The van der Waals surface area contributed by atoms with Crippen LogP contribution in [-0.4, -0.2) is 16.0 Å². The van der Waals surface area contributed by atoms with Gasteiger partial charge in [0.2, 0.25) is 0 Å². The van der Waals surface area contributed by atoms with Gasteiger partial charge in [0.05, 0.1) is 10.6 Å². The minimum atomic E-state index is -0.359. The molecule has 2 aromatic rings. The molecule has 0 unspecified atom stereocenters. The van der Waals surface area contributed by atoms with E-state index in [0.717, 1.165) is 10.5 Å². The van der Waals surface area contributed by atoms with E-state index in [9.17, 15) is 15.0 Å². The van der Waals surface area contributed by atoms with E-state index >= 15 is 0 Å². The van der Waals surface area contributed by atoms with Crippen LogP contribution in [0.4, 0.5) is 0 Å². The van der Waals surface area contributed by atoms with Gasteiger partial charge in [-0.1, -0.05) is 27.5 Å². The van der Waals surface area contributed by atoms with Crippen molar-refractivity contribution in [3.05, 3.63) is 57.0 Å². The molecule has 5 heteroatoms. The molecule has 2 N–H and O–H groups in total. The van der Waals surface area contributed by atoms with Gasteiger partial charge in [0.15, 0.2) is 5.78 Å².